The minimum Gasteiger partial charge on any atom is -0.292 e. The summed E-state index contributed by atoms with van der Waals surface area (Å²) >= 11 is 5.31. The Morgan fingerprint density at radius 2 is 1.83 bits per heavy atom. The highest BCUT2D eigenvalue weighted by Gasteiger charge is 2.11. The molecule has 0 saturated heterocycles. The monoisotopic (exact) mass is 323 g/mol. The summed E-state index contributed by atoms with van der Waals surface area (Å²) in [5.74, 6) is 0. The topological polar surface area (TPSA) is 3.24 Å². The Morgan fingerprint density at radius 1 is 1.11 bits per heavy atom. The molecule has 18 heavy (non-hydrogen) atoms. The van der Waals surface area contributed by atoms with Gasteiger partial charge in [-0.3, -0.25) is 4.90 Å². The van der Waals surface area contributed by atoms with Crippen molar-refractivity contribution < 1.29 is 0 Å². The molecule has 0 spiro atoms. The van der Waals surface area contributed by atoms with Crippen LogP contribution in [0.4, 0.5) is 0 Å². The molecule has 1 aromatic carbocycles. The van der Waals surface area contributed by atoms with E-state index in [1.165, 1.54) is 10.4 Å². The standard InChI is InChI=1S/C15H18BrNS/c1-12(2)17(11-15-4-3-9-18-15)10-13-5-7-14(16)8-6-13/h3-9,12H,10-11H2,1-2H3. The predicted octanol–water partition coefficient (Wildman–Crippen LogP) is 4.92. The van der Waals surface area contributed by atoms with Gasteiger partial charge in [-0.05, 0) is 43.0 Å². The molecule has 1 nitrogen and oxygen atoms in total. The highest BCUT2D eigenvalue weighted by molar-refractivity contribution is 9.10. The zero-order valence-electron chi connectivity index (χ0n) is 10.8. The number of hydrogen-bond acceptors (Lipinski definition) is 2. The minimum absolute atomic E-state index is 0.552. The molecule has 0 amide bonds. The van der Waals surface area contributed by atoms with E-state index < -0.39 is 0 Å². The lowest BCUT2D eigenvalue weighted by Crippen LogP contribution is -2.29. The van der Waals surface area contributed by atoms with Crippen LogP contribution in [-0.2, 0) is 13.1 Å². The number of nitrogens with zero attached hydrogens (tertiary/aromatic N) is 1. The molecule has 0 bridgehead atoms. The Labute approximate surface area is 122 Å². The van der Waals surface area contributed by atoms with Crippen LogP contribution in [0.15, 0.2) is 46.3 Å². The molecule has 0 radical (unpaired) electrons. The summed E-state index contributed by atoms with van der Waals surface area (Å²) in [5.41, 5.74) is 1.36. The highest BCUT2D eigenvalue weighted by atomic mass is 79.9. The molecule has 0 atom stereocenters. The highest BCUT2D eigenvalue weighted by Crippen LogP contribution is 2.18. The Kier molecular flexibility index (Phi) is 4.98. The Bertz CT molecular complexity index is 462. The molecule has 0 N–H and O–H groups in total. The van der Waals surface area contributed by atoms with Crippen LogP contribution in [-0.4, -0.2) is 10.9 Å². The number of halogens is 1. The van der Waals surface area contributed by atoms with E-state index in [-0.39, 0.29) is 0 Å². The van der Waals surface area contributed by atoms with Crippen molar-refractivity contribution in [3.63, 3.8) is 0 Å². The first-order valence-electron chi connectivity index (χ1n) is 6.16. The normalized spacial score (nSPS) is 11.4. The summed E-state index contributed by atoms with van der Waals surface area (Å²) in [7, 11) is 0. The molecule has 3 heteroatoms. The van der Waals surface area contributed by atoms with Crippen LogP contribution in [0.25, 0.3) is 0 Å². The molecule has 0 aliphatic rings. The third kappa shape index (κ3) is 3.94. The van der Waals surface area contributed by atoms with Gasteiger partial charge in [0.05, 0.1) is 0 Å². The molecular formula is C15H18BrNS. The van der Waals surface area contributed by atoms with E-state index in [0.717, 1.165) is 17.6 Å². The average molecular weight is 324 g/mol. The van der Waals surface area contributed by atoms with Crippen LogP contribution < -0.4 is 0 Å². The number of hydrogen-bond donors (Lipinski definition) is 0. The fourth-order valence-corrected chi connectivity index (χ4v) is 2.84. The molecule has 1 aromatic heterocycles. The molecule has 2 aromatic rings. The molecule has 96 valence electrons. The van der Waals surface area contributed by atoms with Gasteiger partial charge >= 0.3 is 0 Å². The maximum Gasteiger partial charge on any atom is 0.0334 e. The van der Waals surface area contributed by atoms with Crippen LogP contribution >= 0.6 is 27.3 Å². The molecule has 1 heterocycles. The maximum atomic E-state index is 3.48. The van der Waals surface area contributed by atoms with E-state index in [1.54, 1.807) is 0 Å². The van der Waals surface area contributed by atoms with Crippen LogP contribution in [0.3, 0.4) is 0 Å². The molecule has 0 aliphatic carbocycles. The van der Waals surface area contributed by atoms with Gasteiger partial charge in [-0.1, -0.05) is 34.1 Å². The van der Waals surface area contributed by atoms with Crippen LogP contribution in [0.2, 0.25) is 0 Å². The first-order valence-corrected chi connectivity index (χ1v) is 7.83. The molecule has 0 aliphatic heterocycles. The zero-order valence-corrected chi connectivity index (χ0v) is 13.2. The Hall–Kier alpha value is -0.640. The van der Waals surface area contributed by atoms with Crippen molar-refractivity contribution in [2.24, 2.45) is 0 Å². The van der Waals surface area contributed by atoms with Gasteiger partial charge < -0.3 is 0 Å². The smallest absolute Gasteiger partial charge is 0.0334 e. The van der Waals surface area contributed by atoms with Crippen molar-refractivity contribution in [3.05, 3.63) is 56.7 Å². The van der Waals surface area contributed by atoms with E-state index in [4.69, 9.17) is 0 Å². The second-order valence-electron chi connectivity index (χ2n) is 4.70. The number of thiophene rings is 1. The van der Waals surface area contributed by atoms with E-state index in [0.29, 0.717) is 6.04 Å². The van der Waals surface area contributed by atoms with Gasteiger partial charge in [0, 0.05) is 28.5 Å². The third-order valence-electron chi connectivity index (χ3n) is 2.97. The SMILES string of the molecule is CC(C)N(Cc1ccc(Br)cc1)Cc1cccs1. The molecule has 0 fully saturated rings. The summed E-state index contributed by atoms with van der Waals surface area (Å²) in [6.45, 7) is 6.55. The third-order valence-corrected chi connectivity index (χ3v) is 4.36. The van der Waals surface area contributed by atoms with Crippen molar-refractivity contribution in [3.8, 4) is 0 Å². The van der Waals surface area contributed by atoms with Gasteiger partial charge in [0.1, 0.15) is 0 Å². The lowest BCUT2D eigenvalue weighted by atomic mass is 10.2. The first-order chi connectivity index (χ1) is 8.65. The van der Waals surface area contributed by atoms with Gasteiger partial charge in [0.25, 0.3) is 0 Å². The van der Waals surface area contributed by atoms with Crippen LogP contribution in [0.5, 0.6) is 0 Å². The largest absolute Gasteiger partial charge is 0.292 e. The van der Waals surface area contributed by atoms with Crippen LogP contribution in [0.1, 0.15) is 24.3 Å². The summed E-state index contributed by atoms with van der Waals surface area (Å²) in [6, 6.07) is 13.5. The number of rotatable bonds is 5. The average Bonchev–Trinajstić information content (AvgIpc) is 2.84. The van der Waals surface area contributed by atoms with E-state index in [1.807, 2.05) is 11.3 Å². The lowest BCUT2D eigenvalue weighted by molar-refractivity contribution is 0.205. The van der Waals surface area contributed by atoms with E-state index in [2.05, 4.69) is 76.5 Å². The molecular weight excluding hydrogens is 306 g/mol. The van der Waals surface area contributed by atoms with Gasteiger partial charge in [-0.25, -0.2) is 0 Å². The predicted molar refractivity (Wildman–Crippen MR) is 82.8 cm³/mol. The fourth-order valence-electron chi connectivity index (χ4n) is 1.85. The second kappa shape index (κ2) is 6.50. The lowest BCUT2D eigenvalue weighted by Gasteiger charge is -2.26. The molecule has 2 rings (SSSR count). The summed E-state index contributed by atoms with van der Waals surface area (Å²) in [4.78, 5) is 3.93. The summed E-state index contributed by atoms with van der Waals surface area (Å²) in [6.07, 6.45) is 0. The molecule has 0 unspecified atom stereocenters. The maximum absolute atomic E-state index is 3.48. The first kappa shape index (κ1) is 13.8. The van der Waals surface area contributed by atoms with Gasteiger partial charge in [-0.2, -0.15) is 0 Å². The van der Waals surface area contributed by atoms with Crippen molar-refractivity contribution in [1.82, 2.24) is 4.90 Å². The quantitative estimate of drug-likeness (QED) is 0.754. The fraction of sp³-hybridized carbons (Fsp3) is 0.333. The second-order valence-corrected chi connectivity index (χ2v) is 6.65. The van der Waals surface area contributed by atoms with E-state index >= 15 is 0 Å². The summed E-state index contributed by atoms with van der Waals surface area (Å²) < 4.78 is 1.14. The number of benzene rings is 1. The van der Waals surface area contributed by atoms with E-state index in [9.17, 15) is 0 Å². The van der Waals surface area contributed by atoms with Gasteiger partial charge in [0.2, 0.25) is 0 Å². The Balaban J connectivity index is 2.04. The van der Waals surface area contributed by atoms with Crippen molar-refractivity contribution in [2.75, 3.05) is 0 Å². The zero-order chi connectivity index (χ0) is 13.0. The van der Waals surface area contributed by atoms with Crippen molar-refractivity contribution in [2.45, 2.75) is 33.0 Å². The van der Waals surface area contributed by atoms with Crippen LogP contribution in [0, 0.1) is 0 Å². The van der Waals surface area contributed by atoms with Crippen molar-refractivity contribution >= 4 is 27.3 Å². The van der Waals surface area contributed by atoms with Gasteiger partial charge in [-0.15, -0.1) is 11.3 Å². The van der Waals surface area contributed by atoms with Crippen molar-refractivity contribution in [1.29, 1.82) is 0 Å². The Morgan fingerprint density at radius 3 is 2.39 bits per heavy atom. The minimum atomic E-state index is 0.552. The van der Waals surface area contributed by atoms with Gasteiger partial charge in [0.15, 0.2) is 0 Å². The molecule has 0 saturated carbocycles. The summed E-state index contributed by atoms with van der Waals surface area (Å²) in [5, 5.41) is 2.15.